The molecule has 2 fully saturated rings. The molecule has 86 valence electrons. The van der Waals surface area contributed by atoms with Gasteiger partial charge in [-0.2, -0.15) is 0 Å². The predicted octanol–water partition coefficient (Wildman–Crippen LogP) is 1.73. The monoisotopic (exact) mass is 210 g/mol. The minimum absolute atomic E-state index is 0.0351. The molecule has 1 aliphatic heterocycles. The second-order valence-corrected chi connectivity index (χ2v) is 5.44. The molecular formula is C12H22N2O. The summed E-state index contributed by atoms with van der Waals surface area (Å²) in [5, 5.41) is 3.37. The normalized spacial score (nSPS) is 32.5. The zero-order chi connectivity index (χ0) is 11.2. The zero-order valence-electron chi connectivity index (χ0n) is 10.2. The van der Waals surface area contributed by atoms with Crippen LogP contribution < -0.4 is 5.32 Å². The third-order valence-corrected chi connectivity index (χ3v) is 3.97. The highest BCUT2D eigenvalue weighted by molar-refractivity contribution is 5.85. The maximum Gasteiger partial charge on any atom is 0.241 e. The molecule has 1 saturated carbocycles. The molecule has 15 heavy (non-hydrogen) atoms. The molecule has 3 heteroatoms. The van der Waals surface area contributed by atoms with Crippen molar-refractivity contribution in [2.24, 2.45) is 5.92 Å². The van der Waals surface area contributed by atoms with Crippen LogP contribution in [0.25, 0.3) is 0 Å². The van der Waals surface area contributed by atoms with Gasteiger partial charge in [0.2, 0.25) is 5.91 Å². The van der Waals surface area contributed by atoms with Crippen molar-refractivity contribution in [3.05, 3.63) is 0 Å². The van der Waals surface area contributed by atoms with Crippen molar-refractivity contribution >= 4 is 5.91 Å². The summed E-state index contributed by atoms with van der Waals surface area (Å²) in [6, 6.07) is 0.0398. The van der Waals surface area contributed by atoms with E-state index >= 15 is 0 Å². The summed E-state index contributed by atoms with van der Waals surface area (Å²) in [5.41, 5.74) is 0.0351. The van der Waals surface area contributed by atoms with E-state index in [9.17, 15) is 4.79 Å². The van der Waals surface area contributed by atoms with E-state index in [1.54, 1.807) is 0 Å². The molecule has 0 bridgehead atoms. The number of nitrogens with zero attached hydrogens (tertiary/aromatic N) is 1. The van der Waals surface area contributed by atoms with Crippen LogP contribution in [-0.4, -0.2) is 28.6 Å². The van der Waals surface area contributed by atoms with Crippen LogP contribution in [0.3, 0.4) is 0 Å². The number of rotatable bonds is 3. The Hall–Kier alpha value is -0.570. The van der Waals surface area contributed by atoms with E-state index in [2.05, 4.69) is 37.9 Å². The minimum Gasteiger partial charge on any atom is -0.321 e. The molecule has 1 heterocycles. The van der Waals surface area contributed by atoms with Crippen molar-refractivity contribution in [2.75, 3.05) is 0 Å². The molecule has 1 saturated heterocycles. The quantitative estimate of drug-likeness (QED) is 0.769. The Kier molecular flexibility index (Phi) is 2.53. The number of carbonyl (C=O) groups is 1. The van der Waals surface area contributed by atoms with Gasteiger partial charge in [0.15, 0.2) is 0 Å². The molecule has 1 amide bonds. The van der Waals surface area contributed by atoms with E-state index < -0.39 is 0 Å². The standard InChI is InChI=1S/C12H22N2O/c1-5-10-11(15)14(8(2)13-10)12(3,4)9-6-7-9/h8-10,13H,5-7H2,1-4H3. The summed E-state index contributed by atoms with van der Waals surface area (Å²) >= 11 is 0. The maximum absolute atomic E-state index is 12.2. The van der Waals surface area contributed by atoms with E-state index in [1.807, 2.05) is 0 Å². The van der Waals surface area contributed by atoms with Gasteiger partial charge in [-0.3, -0.25) is 10.1 Å². The van der Waals surface area contributed by atoms with Gasteiger partial charge in [-0.1, -0.05) is 6.92 Å². The van der Waals surface area contributed by atoms with Gasteiger partial charge < -0.3 is 4.90 Å². The van der Waals surface area contributed by atoms with Crippen LogP contribution in [0.1, 0.15) is 47.0 Å². The summed E-state index contributed by atoms with van der Waals surface area (Å²) in [6.07, 6.45) is 3.64. The van der Waals surface area contributed by atoms with Crippen molar-refractivity contribution in [3.8, 4) is 0 Å². The van der Waals surface area contributed by atoms with Crippen LogP contribution in [0.5, 0.6) is 0 Å². The molecule has 2 aliphatic rings. The topological polar surface area (TPSA) is 32.3 Å². The molecule has 0 aromatic carbocycles. The summed E-state index contributed by atoms with van der Waals surface area (Å²) in [5.74, 6) is 1.00. The molecule has 0 aromatic rings. The molecule has 0 aromatic heterocycles. The Balaban J connectivity index is 2.17. The largest absolute Gasteiger partial charge is 0.321 e. The molecule has 1 N–H and O–H groups in total. The predicted molar refractivity (Wildman–Crippen MR) is 60.3 cm³/mol. The lowest BCUT2D eigenvalue weighted by Crippen LogP contribution is -2.51. The first-order valence-corrected chi connectivity index (χ1v) is 6.07. The van der Waals surface area contributed by atoms with Crippen molar-refractivity contribution < 1.29 is 4.79 Å². The first-order chi connectivity index (χ1) is 6.98. The van der Waals surface area contributed by atoms with Gasteiger partial charge in [0.05, 0.1) is 12.2 Å². The Bertz CT molecular complexity index is 271. The third kappa shape index (κ3) is 1.67. The van der Waals surface area contributed by atoms with E-state index in [-0.39, 0.29) is 17.7 Å². The second-order valence-electron chi connectivity index (χ2n) is 5.44. The number of amides is 1. The highest BCUT2D eigenvalue weighted by atomic mass is 16.2. The van der Waals surface area contributed by atoms with Gasteiger partial charge in [-0.15, -0.1) is 0 Å². The Labute approximate surface area is 92.2 Å². The summed E-state index contributed by atoms with van der Waals surface area (Å²) in [6.45, 7) is 8.57. The van der Waals surface area contributed by atoms with Crippen LogP contribution in [0.15, 0.2) is 0 Å². The molecular weight excluding hydrogens is 188 g/mol. The summed E-state index contributed by atoms with van der Waals surface area (Å²) < 4.78 is 0. The highest BCUT2D eigenvalue weighted by Gasteiger charge is 2.49. The molecule has 0 spiro atoms. The Morgan fingerprint density at radius 2 is 2.07 bits per heavy atom. The van der Waals surface area contributed by atoms with Crippen molar-refractivity contribution in [1.29, 1.82) is 0 Å². The van der Waals surface area contributed by atoms with Gasteiger partial charge in [0, 0.05) is 5.54 Å². The zero-order valence-corrected chi connectivity index (χ0v) is 10.2. The molecule has 2 atom stereocenters. The van der Waals surface area contributed by atoms with Crippen LogP contribution >= 0.6 is 0 Å². The van der Waals surface area contributed by atoms with Gasteiger partial charge in [0.1, 0.15) is 0 Å². The first kappa shape index (κ1) is 10.9. The van der Waals surface area contributed by atoms with E-state index in [0.717, 1.165) is 6.42 Å². The SMILES string of the molecule is CCC1NC(C)N(C(C)(C)C2CC2)C1=O. The fourth-order valence-electron chi connectivity index (χ4n) is 2.86. The van der Waals surface area contributed by atoms with Crippen LogP contribution in [0.2, 0.25) is 0 Å². The molecule has 2 unspecified atom stereocenters. The Morgan fingerprint density at radius 1 is 1.47 bits per heavy atom. The average molecular weight is 210 g/mol. The first-order valence-electron chi connectivity index (χ1n) is 6.07. The van der Waals surface area contributed by atoms with Crippen LogP contribution in [-0.2, 0) is 4.79 Å². The number of carbonyl (C=O) groups excluding carboxylic acids is 1. The second kappa shape index (κ2) is 3.48. The lowest BCUT2D eigenvalue weighted by molar-refractivity contribution is -0.135. The van der Waals surface area contributed by atoms with Crippen LogP contribution in [0, 0.1) is 5.92 Å². The van der Waals surface area contributed by atoms with E-state index in [4.69, 9.17) is 0 Å². The van der Waals surface area contributed by atoms with Gasteiger partial charge in [-0.25, -0.2) is 0 Å². The lowest BCUT2D eigenvalue weighted by Gasteiger charge is -2.38. The highest BCUT2D eigenvalue weighted by Crippen LogP contribution is 2.44. The van der Waals surface area contributed by atoms with E-state index in [1.165, 1.54) is 12.8 Å². The van der Waals surface area contributed by atoms with Gasteiger partial charge >= 0.3 is 0 Å². The van der Waals surface area contributed by atoms with Gasteiger partial charge in [0.25, 0.3) is 0 Å². The lowest BCUT2D eigenvalue weighted by atomic mass is 9.95. The van der Waals surface area contributed by atoms with E-state index in [0.29, 0.717) is 11.8 Å². The van der Waals surface area contributed by atoms with Crippen molar-refractivity contribution in [2.45, 2.75) is 64.7 Å². The average Bonchev–Trinajstić information content (AvgIpc) is 2.93. The third-order valence-electron chi connectivity index (χ3n) is 3.97. The van der Waals surface area contributed by atoms with Gasteiger partial charge in [-0.05, 0) is 46.0 Å². The van der Waals surface area contributed by atoms with Crippen molar-refractivity contribution in [3.63, 3.8) is 0 Å². The molecule has 3 nitrogen and oxygen atoms in total. The molecule has 1 aliphatic carbocycles. The maximum atomic E-state index is 12.2. The number of nitrogens with one attached hydrogen (secondary N) is 1. The summed E-state index contributed by atoms with van der Waals surface area (Å²) in [7, 11) is 0. The summed E-state index contributed by atoms with van der Waals surface area (Å²) in [4.78, 5) is 14.3. The number of hydrogen-bond donors (Lipinski definition) is 1. The smallest absolute Gasteiger partial charge is 0.241 e. The molecule has 0 radical (unpaired) electrons. The Morgan fingerprint density at radius 3 is 2.47 bits per heavy atom. The van der Waals surface area contributed by atoms with Crippen molar-refractivity contribution in [1.82, 2.24) is 10.2 Å². The number of hydrogen-bond acceptors (Lipinski definition) is 2. The van der Waals surface area contributed by atoms with Crippen LogP contribution in [0.4, 0.5) is 0 Å². The fraction of sp³-hybridized carbons (Fsp3) is 0.917. The molecule has 2 rings (SSSR count). The minimum atomic E-state index is 0.0351. The fourth-order valence-corrected chi connectivity index (χ4v) is 2.86.